The van der Waals surface area contributed by atoms with E-state index in [1.165, 1.54) is 0 Å². The highest BCUT2D eigenvalue weighted by Gasteiger charge is 2.23. The third-order valence-corrected chi connectivity index (χ3v) is 3.96. The Labute approximate surface area is 145 Å². The van der Waals surface area contributed by atoms with Gasteiger partial charge in [0.1, 0.15) is 6.10 Å². The van der Waals surface area contributed by atoms with Crippen LogP contribution < -0.4 is 0 Å². The van der Waals surface area contributed by atoms with Gasteiger partial charge in [-0.25, -0.2) is 0 Å². The molecule has 2 aromatic heterocycles. The first-order chi connectivity index (χ1) is 11.4. The van der Waals surface area contributed by atoms with Gasteiger partial charge < -0.3 is 9.26 Å². The molecule has 0 saturated heterocycles. The summed E-state index contributed by atoms with van der Waals surface area (Å²) >= 11 is 6.25. The number of benzene rings is 1. The van der Waals surface area contributed by atoms with Crippen LogP contribution in [0.3, 0.4) is 0 Å². The Hall–Kier alpha value is -2.18. The van der Waals surface area contributed by atoms with E-state index >= 15 is 0 Å². The molecule has 0 aliphatic rings. The largest absolute Gasteiger partial charge is 0.368 e. The maximum Gasteiger partial charge on any atom is 0.261 e. The van der Waals surface area contributed by atoms with E-state index in [9.17, 15) is 0 Å². The molecular weight excluding hydrogens is 328 g/mol. The fourth-order valence-electron chi connectivity index (χ4n) is 2.32. The van der Waals surface area contributed by atoms with Gasteiger partial charge in [-0.3, -0.25) is 4.68 Å². The second-order valence-corrected chi connectivity index (χ2v) is 6.85. The average Bonchev–Trinajstić information content (AvgIpc) is 3.18. The molecule has 0 radical (unpaired) electrons. The van der Waals surface area contributed by atoms with Gasteiger partial charge in [0, 0.05) is 23.9 Å². The van der Waals surface area contributed by atoms with E-state index in [2.05, 4.69) is 36.0 Å². The summed E-state index contributed by atoms with van der Waals surface area (Å²) < 4.78 is 12.8. The molecule has 0 bridgehead atoms. The number of rotatable bonds is 4. The summed E-state index contributed by atoms with van der Waals surface area (Å²) in [6.45, 7) is 6.21. The minimum atomic E-state index is -0.492. The van der Waals surface area contributed by atoms with E-state index < -0.39 is 6.10 Å². The number of hydrogen-bond donors (Lipinski definition) is 0. The Balaban J connectivity index is 1.92. The van der Waals surface area contributed by atoms with Crippen LogP contribution >= 0.6 is 11.6 Å². The molecule has 2 heterocycles. The van der Waals surface area contributed by atoms with Gasteiger partial charge in [0.25, 0.3) is 5.89 Å². The molecule has 0 aliphatic carbocycles. The normalized spacial score (nSPS) is 13.2. The maximum absolute atomic E-state index is 6.25. The third-order valence-electron chi connectivity index (χ3n) is 3.62. The van der Waals surface area contributed by atoms with E-state index in [0.29, 0.717) is 16.7 Å². The molecule has 0 saturated carbocycles. The van der Waals surface area contributed by atoms with Crippen molar-refractivity contribution in [3.05, 3.63) is 53.1 Å². The molecule has 1 atom stereocenters. The molecule has 7 heteroatoms. The zero-order valence-electron chi connectivity index (χ0n) is 14.0. The van der Waals surface area contributed by atoms with Gasteiger partial charge in [-0.2, -0.15) is 10.1 Å². The van der Waals surface area contributed by atoms with Crippen molar-refractivity contribution < 1.29 is 9.26 Å². The van der Waals surface area contributed by atoms with Crippen LogP contribution in [0.15, 0.2) is 41.2 Å². The van der Waals surface area contributed by atoms with Gasteiger partial charge >= 0.3 is 0 Å². The lowest BCUT2D eigenvalue weighted by Crippen LogP contribution is -2.21. The van der Waals surface area contributed by atoms with Crippen LogP contribution in [-0.2, 0) is 10.3 Å². The van der Waals surface area contributed by atoms with Crippen LogP contribution in [0, 0.1) is 0 Å². The molecule has 6 nitrogen and oxygen atoms in total. The Kier molecular flexibility index (Phi) is 4.43. The van der Waals surface area contributed by atoms with Crippen molar-refractivity contribution in [2.24, 2.45) is 0 Å². The van der Waals surface area contributed by atoms with Gasteiger partial charge in [-0.1, -0.05) is 35.0 Å². The maximum atomic E-state index is 6.25. The van der Waals surface area contributed by atoms with Crippen molar-refractivity contribution >= 4 is 11.6 Å². The van der Waals surface area contributed by atoms with E-state index in [-0.39, 0.29) is 5.54 Å². The summed E-state index contributed by atoms with van der Waals surface area (Å²) in [5.74, 6) is 0.818. The second-order valence-electron chi connectivity index (χ2n) is 6.44. The number of halogens is 1. The topological polar surface area (TPSA) is 66.0 Å². The van der Waals surface area contributed by atoms with E-state index in [1.807, 2.05) is 29.1 Å². The van der Waals surface area contributed by atoms with Gasteiger partial charge in [-0.15, -0.1) is 0 Å². The number of hydrogen-bond acceptors (Lipinski definition) is 5. The Morgan fingerprint density at radius 3 is 2.62 bits per heavy atom. The third kappa shape index (κ3) is 3.20. The summed E-state index contributed by atoms with van der Waals surface area (Å²) in [4.78, 5) is 4.45. The molecule has 0 spiro atoms. The quantitative estimate of drug-likeness (QED) is 0.712. The SMILES string of the molecule is CO[C@@H](c1noc(-c2cnn(C(C)(C)C)c2)n1)c1ccccc1Cl. The number of nitrogens with zero attached hydrogens (tertiary/aromatic N) is 4. The van der Waals surface area contributed by atoms with Crippen LogP contribution in [0.25, 0.3) is 11.5 Å². The van der Waals surface area contributed by atoms with E-state index in [1.54, 1.807) is 19.4 Å². The molecule has 0 aliphatic heterocycles. The minimum absolute atomic E-state index is 0.117. The first kappa shape index (κ1) is 16.7. The summed E-state index contributed by atoms with van der Waals surface area (Å²) in [6.07, 6.45) is 3.10. The van der Waals surface area contributed by atoms with Crippen molar-refractivity contribution in [2.45, 2.75) is 32.4 Å². The smallest absolute Gasteiger partial charge is 0.261 e. The molecule has 1 aromatic carbocycles. The Morgan fingerprint density at radius 2 is 2.00 bits per heavy atom. The van der Waals surface area contributed by atoms with Crippen molar-refractivity contribution in [3.8, 4) is 11.5 Å². The highest BCUT2D eigenvalue weighted by Crippen LogP contribution is 2.30. The summed E-state index contributed by atoms with van der Waals surface area (Å²) in [6, 6.07) is 7.43. The number of aromatic nitrogens is 4. The zero-order chi connectivity index (χ0) is 17.3. The summed E-state index contributed by atoms with van der Waals surface area (Å²) in [5, 5.41) is 8.99. The molecule has 126 valence electrons. The van der Waals surface area contributed by atoms with Gasteiger partial charge in [0.05, 0.1) is 17.3 Å². The van der Waals surface area contributed by atoms with Crippen LogP contribution in [0.5, 0.6) is 0 Å². The zero-order valence-corrected chi connectivity index (χ0v) is 14.8. The Morgan fingerprint density at radius 1 is 1.25 bits per heavy atom. The lowest BCUT2D eigenvalue weighted by Gasteiger charge is -2.18. The molecule has 0 N–H and O–H groups in total. The van der Waals surface area contributed by atoms with Gasteiger partial charge in [-0.05, 0) is 26.8 Å². The second kappa shape index (κ2) is 6.37. The lowest BCUT2D eigenvalue weighted by atomic mass is 10.1. The van der Waals surface area contributed by atoms with Crippen molar-refractivity contribution in [1.29, 1.82) is 0 Å². The van der Waals surface area contributed by atoms with Crippen LogP contribution in [0.4, 0.5) is 0 Å². The predicted octanol–water partition coefficient (Wildman–Crippen LogP) is 4.08. The standard InChI is InChI=1S/C17H19ClN4O2/c1-17(2,3)22-10-11(9-19-22)16-20-15(21-24-16)14(23-4)12-7-5-6-8-13(12)18/h5-10,14H,1-4H3/t14-/m1/s1. The van der Waals surface area contributed by atoms with E-state index in [0.717, 1.165) is 11.1 Å². The first-order valence-electron chi connectivity index (χ1n) is 7.56. The fraction of sp³-hybridized carbons (Fsp3) is 0.353. The molecule has 3 aromatic rings. The molecule has 24 heavy (non-hydrogen) atoms. The van der Waals surface area contributed by atoms with Crippen molar-refractivity contribution in [1.82, 2.24) is 19.9 Å². The van der Waals surface area contributed by atoms with Crippen LogP contribution in [-0.4, -0.2) is 27.0 Å². The van der Waals surface area contributed by atoms with E-state index in [4.69, 9.17) is 20.9 Å². The highest BCUT2D eigenvalue weighted by molar-refractivity contribution is 6.31. The molecular formula is C17H19ClN4O2. The number of ether oxygens (including phenoxy) is 1. The van der Waals surface area contributed by atoms with Crippen molar-refractivity contribution in [2.75, 3.05) is 7.11 Å². The average molecular weight is 347 g/mol. The number of methoxy groups -OCH3 is 1. The molecule has 0 fully saturated rings. The summed E-state index contributed by atoms with van der Waals surface area (Å²) in [7, 11) is 1.58. The summed E-state index contributed by atoms with van der Waals surface area (Å²) in [5.41, 5.74) is 1.44. The highest BCUT2D eigenvalue weighted by atomic mass is 35.5. The van der Waals surface area contributed by atoms with Crippen molar-refractivity contribution in [3.63, 3.8) is 0 Å². The molecule has 3 rings (SSSR count). The minimum Gasteiger partial charge on any atom is -0.368 e. The van der Waals surface area contributed by atoms with Gasteiger partial charge in [0.2, 0.25) is 5.82 Å². The molecule has 0 unspecified atom stereocenters. The first-order valence-corrected chi connectivity index (χ1v) is 7.94. The van der Waals surface area contributed by atoms with Gasteiger partial charge in [0.15, 0.2) is 0 Å². The Bertz CT molecular complexity index is 835. The van der Waals surface area contributed by atoms with Crippen LogP contribution in [0.1, 0.15) is 38.3 Å². The fourth-order valence-corrected chi connectivity index (χ4v) is 2.55. The molecule has 0 amide bonds. The van der Waals surface area contributed by atoms with Crippen LogP contribution in [0.2, 0.25) is 5.02 Å². The monoisotopic (exact) mass is 346 g/mol. The predicted molar refractivity (Wildman–Crippen MR) is 90.8 cm³/mol. The lowest BCUT2D eigenvalue weighted by molar-refractivity contribution is 0.126.